The van der Waals surface area contributed by atoms with E-state index in [0.717, 1.165) is 48.2 Å². The van der Waals surface area contributed by atoms with Crippen LogP contribution in [0.25, 0.3) is 11.3 Å². The third kappa shape index (κ3) is 3.46. The van der Waals surface area contributed by atoms with Crippen LogP contribution in [0.5, 0.6) is 11.5 Å². The molecule has 1 atom stereocenters. The van der Waals surface area contributed by atoms with Crippen molar-refractivity contribution in [2.75, 3.05) is 19.8 Å². The van der Waals surface area contributed by atoms with Crippen molar-refractivity contribution in [2.45, 2.75) is 25.8 Å². The monoisotopic (exact) mass is 378 g/mol. The quantitative estimate of drug-likeness (QED) is 0.735. The number of hydrogen-bond acceptors (Lipinski definition) is 6. The van der Waals surface area contributed by atoms with Crippen molar-refractivity contribution in [3.8, 4) is 22.8 Å². The Bertz CT molecular complexity index is 958. The fourth-order valence-corrected chi connectivity index (χ4v) is 3.62. The number of imidazole rings is 1. The summed E-state index contributed by atoms with van der Waals surface area (Å²) in [7, 11) is 0. The second kappa shape index (κ2) is 7.61. The molecule has 0 amide bonds. The van der Waals surface area contributed by atoms with Gasteiger partial charge in [0.25, 0.3) is 0 Å². The average Bonchev–Trinajstić information content (AvgIpc) is 3.17. The summed E-state index contributed by atoms with van der Waals surface area (Å²) in [5, 5.41) is 3.46. The molecule has 1 N–H and O–H groups in total. The Hall–Kier alpha value is -2.90. The predicted octanol–water partition coefficient (Wildman–Crippen LogP) is 2.40. The molecule has 3 aromatic rings. The third-order valence-corrected chi connectivity index (χ3v) is 5.03. The highest BCUT2D eigenvalue weighted by Crippen LogP contribution is 2.35. The van der Waals surface area contributed by atoms with Crippen LogP contribution in [-0.2, 0) is 24.4 Å². The van der Waals surface area contributed by atoms with Gasteiger partial charge in [-0.25, -0.2) is 4.98 Å². The van der Waals surface area contributed by atoms with Crippen molar-refractivity contribution in [3.05, 3.63) is 60.3 Å². The average molecular weight is 378 g/mol. The van der Waals surface area contributed by atoms with Gasteiger partial charge in [0, 0.05) is 31.0 Å². The Labute approximate surface area is 163 Å². The number of pyridine rings is 1. The van der Waals surface area contributed by atoms with E-state index in [0.29, 0.717) is 19.8 Å². The maximum absolute atomic E-state index is 5.98. The normalized spacial score (nSPS) is 17.9. The van der Waals surface area contributed by atoms with E-state index < -0.39 is 0 Å². The van der Waals surface area contributed by atoms with Gasteiger partial charge in [-0.1, -0.05) is 6.07 Å². The molecule has 2 aromatic heterocycles. The van der Waals surface area contributed by atoms with Gasteiger partial charge in [-0.15, -0.1) is 0 Å². The van der Waals surface area contributed by atoms with E-state index in [9.17, 15) is 0 Å². The number of benzene rings is 1. The van der Waals surface area contributed by atoms with Gasteiger partial charge in [0.1, 0.15) is 25.6 Å². The van der Waals surface area contributed by atoms with E-state index in [2.05, 4.69) is 32.0 Å². The lowest BCUT2D eigenvalue weighted by atomic mass is 10.1. The van der Waals surface area contributed by atoms with E-state index in [4.69, 9.17) is 14.2 Å². The SMILES string of the molecule is c1cncc(CNC[C@H]2Cn3c(-c4ccc5c(c4)OCCO5)cnc3CO2)c1. The maximum Gasteiger partial charge on any atom is 0.162 e. The molecule has 0 spiro atoms. The molecule has 4 heterocycles. The summed E-state index contributed by atoms with van der Waals surface area (Å²) in [5.41, 5.74) is 3.32. The zero-order valence-corrected chi connectivity index (χ0v) is 15.5. The molecule has 144 valence electrons. The molecule has 7 nitrogen and oxygen atoms in total. The van der Waals surface area contributed by atoms with E-state index in [1.165, 1.54) is 5.56 Å². The lowest BCUT2D eigenvalue weighted by Crippen LogP contribution is -2.36. The molecule has 0 saturated heterocycles. The summed E-state index contributed by atoms with van der Waals surface area (Å²) in [4.78, 5) is 8.69. The Morgan fingerprint density at radius 1 is 1.11 bits per heavy atom. The minimum atomic E-state index is 0.0920. The molecule has 5 rings (SSSR count). The number of nitrogens with one attached hydrogen (secondary N) is 1. The van der Waals surface area contributed by atoms with E-state index in [1.807, 2.05) is 30.6 Å². The first-order chi connectivity index (χ1) is 13.9. The Kier molecular flexibility index (Phi) is 4.68. The molecule has 2 aliphatic rings. The smallest absolute Gasteiger partial charge is 0.162 e. The molecule has 0 unspecified atom stereocenters. The molecule has 0 bridgehead atoms. The fourth-order valence-electron chi connectivity index (χ4n) is 3.62. The summed E-state index contributed by atoms with van der Waals surface area (Å²) in [5.74, 6) is 2.55. The minimum Gasteiger partial charge on any atom is -0.486 e. The summed E-state index contributed by atoms with van der Waals surface area (Å²) in [6.07, 6.45) is 5.67. The van der Waals surface area contributed by atoms with E-state index >= 15 is 0 Å². The first-order valence-corrected chi connectivity index (χ1v) is 9.52. The van der Waals surface area contributed by atoms with Crippen LogP contribution in [-0.4, -0.2) is 40.4 Å². The van der Waals surface area contributed by atoms with Crippen LogP contribution in [0.15, 0.2) is 48.9 Å². The van der Waals surface area contributed by atoms with Gasteiger partial charge in [0.05, 0.1) is 24.5 Å². The third-order valence-electron chi connectivity index (χ3n) is 5.03. The first kappa shape index (κ1) is 17.2. The fraction of sp³-hybridized carbons (Fsp3) is 0.333. The molecule has 28 heavy (non-hydrogen) atoms. The van der Waals surface area contributed by atoms with Gasteiger partial charge < -0.3 is 24.1 Å². The lowest BCUT2D eigenvalue weighted by Gasteiger charge is -2.26. The van der Waals surface area contributed by atoms with Crippen molar-refractivity contribution in [3.63, 3.8) is 0 Å². The minimum absolute atomic E-state index is 0.0920. The van der Waals surface area contributed by atoms with Crippen LogP contribution in [0.4, 0.5) is 0 Å². The predicted molar refractivity (Wildman–Crippen MR) is 103 cm³/mol. The van der Waals surface area contributed by atoms with Gasteiger partial charge >= 0.3 is 0 Å². The van der Waals surface area contributed by atoms with Crippen LogP contribution in [0.3, 0.4) is 0 Å². The number of nitrogens with zero attached hydrogens (tertiary/aromatic N) is 3. The van der Waals surface area contributed by atoms with Gasteiger partial charge in [0.2, 0.25) is 0 Å². The largest absolute Gasteiger partial charge is 0.486 e. The second-order valence-corrected chi connectivity index (χ2v) is 6.95. The Balaban J connectivity index is 1.29. The van der Waals surface area contributed by atoms with E-state index in [1.54, 1.807) is 6.20 Å². The van der Waals surface area contributed by atoms with Gasteiger partial charge in [0.15, 0.2) is 11.5 Å². The highest BCUT2D eigenvalue weighted by atomic mass is 16.6. The van der Waals surface area contributed by atoms with Crippen molar-refractivity contribution in [2.24, 2.45) is 0 Å². The number of rotatable bonds is 5. The standard InChI is InChI=1S/C21H22N4O3/c1-2-15(9-22-5-1)10-23-11-17-13-25-18(12-24-21(25)14-28-17)16-3-4-19-20(8-16)27-7-6-26-19/h1-5,8-9,12,17,23H,6-7,10-11,13-14H2/t17-/m0/s1. The zero-order chi connectivity index (χ0) is 18.8. The maximum atomic E-state index is 5.98. The summed E-state index contributed by atoms with van der Waals surface area (Å²) >= 11 is 0. The van der Waals surface area contributed by atoms with Crippen LogP contribution in [0, 0.1) is 0 Å². The number of hydrogen-bond donors (Lipinski definition) is 1. The molecule has 0 aliphatic carbocycles. The molecular weight excluding hydrogens is 356 g/mol. The van der Waals surface area contributed by atoms with Crippen molar-refractivity contribution in [1.29, 1.82) is 0 Å². The topological polar surface area (TPSA) is 70.4 Å². The van der Waals surface area contributed by atoms with Crippen LogP contribution >= 0.6 is 0 Å². The van der Waals surface area contributed by atoms with Crippen LogP contribution < -0.4 is 14.8 Å². The van der Waals surface area contributed by atoms with E-state index in [-0.39, 0.29) is 6.10 Å². The summed E-state index contributed by atoms with van der Waals surface area (Å²) < 4.78 is 19.6. The highest BCUT2D eigenvalue weighted by Gasteiger charge is 2.23. The van der Waals surface area contributed by atoms with Gasteiger partial charge in [-0.05, 0) is 29.8 Å². The highest BCUT2D eigenvalue weighted by molar-refractivity contribution is 5.64. The number of aromatic nitrogens is 3. The number of ether oxygens (including phenoxy) is 3. The lowest BCUT2D eigenvalue weighted by molar-refractivity contribution is 0.00325. The summed E-state index contributed by atoms with van der Waals surface area (Å²) in [6.45, 7) is 4.01. The second-order valence-electron chi connectivity index (χ2n) is 6.95. The molecule has 7 heteroatoms. The molecule has 1 aromatic carbocycles. The van der Waals surface area contributed by atoms with Crippen molar-refractivity contribution < 1.29 is 14.2 Å². The zero-order valence-electron chi connectivity index (χ0n) is 15.5. The van der Waals surface area contributed by atoms with Gasteiger partial charge in [-0.2, -0.15) is 0 Å². The van der Waals surface area contributed by atoms with Crippen molar-refractivity contribution >= 4 is 0 Å². The molecule has 0 saturated carbocycles. The Morgan fingerprint density at radius 3 is 2.93 bits per heavy atom. The number of fused-ring (bicyclic) bond motifs is 2. The molecule has 2 aliphatic heterocycles. The first-order valence-electron chi connectivity index (χ1n) is 9.52. The van der Waals surface area contributed by atoms with Crippen LogP contribution in [0.2, 0.25) is 0 Å². The molecule has 0 radical (unpaired) electrons. The Morgan fingerprint density at radius 2 is 2.04 bits per heavy atom. The molecular formula is C21H22N4O3. The summed E-state index contributed by atoms with van der Waals surface area (Å²) in [6, 6.07) is 10.1. The van der Waals surface area contributed by atoms with Crippen molar-refractivity contribution in [1.82, 2.24) is 19.9 Å². The van der Waals surface area contributed by atoms with Crippen LogP contribution in [0.1, 0.15) is 11.4 Å². The van der Waals surface area contributed by atoms with Gasteiger partial charge in [-0.3, -0.25) is 4.98 Å². The molecule has 0 fully saturated rings.